The van der Waals surface area contributed by atoms with Crippen LogP contribution in [0.25, 0.3) is 11.1 Å². The van der Waals surface area contributed by atoms with Crippen LogP contribution < -0.4 is 0 Å². The predicted octanol–water partition coefficient (Wildman–Crippen LogP) is 5.07. The van der Waals surface area contributed by atoms with E-state index in [2.05, 4.69) is 44.2 Å². The van der Waals surface area contributed by atoms with E-state index < -0.39 is 0 Å². The fourth-order valence-corrected chi connectivity index (χ4v) is 2.14. The number of ketones is 1. The van der Waals surface area contributed by atoms with Crippen LogP contribution in [0.15, 0.2) is 48.5 Å². The van der Waals surface area contributed by atoms with Crippen LogP contribution in [-0.2, 0) is 0 Å². The van der Waals surface area contributed by atoms with Gasteiger partial charge in [-0.15, -0.1) is 0 Å². The van der Waals surface area contributed by atoms with Crippen molar-refractivity contribution in [2.75, 3.05) is 0 Å². The van der Waals surface area contributed by atoms with Gasteiger partial charge in [-0.1, -0.05) is 63.2 Å². The Labute approximate surface area is 115 Å². The Balaban J connectivity index is 2.33. The maximum Gasteiger partial charge on any atom is 0.162 e. The lowest BCUT2D eigenvalue weighted by Gasteiger charge is -2.08. The molecule has 0 heterocycles. The molecule has 0 saturated carbocycles. The molecule has 0 aliphatic rings. The van der Waals surface area contributed by atoms with Gasteiger partial charge >= 0.3 is 0 Å². The van der Waals surface area contributed by atoms with E-state index in [1.807, 2.05) is 25.1 Å². The smallest absolute Gasteiger partial charge is 0.162 e. The zero-order valence-corrected chi connectivity index (χ0v) is 11.8. The highest BCUT2D eigenvalue weighted by molar-refractivity contribution is 5.96. The van der Waals surface area contributed by atoms with Crippen molar-refractivity contribution in [3.63, 3.8) is 0 Å². The molecule has 0 atom stereocenters. The number of benzene rings is 2. The van der Waals surface area contributed by atoms with Crippen LogP contribution in [0.5, 0.6) is 0 Å². The first-order chi connectivity index (χ1) is 9.11. The molecule has 1 nitrogen and oxygen atoms in total. The summed E-state index contributed by atoms with van der Waals surface area (Å²) < 4.78 is 0. The third kappa shape index (κ3) is 3.11. The Morgan fingerprint density at radius 2 is 1.68 bits per heavy atom. The Hall–Kier alpha value is -1.89. The van der Waals surface area contributed by atoms with Gasteiger partial charge in [0.25, 0.3) is 0 Å². The van der Waals surface area contributed by atoms with E-state index >= 15 is 0 Å². The summed E-state index contributed by atoms with van der Waals surface area (Å²) in [7, 11) is 0. The molecule has 1 heteroatoms. The average molecular weight is 252 g/mol. The van der Waals surface area contributed by atoms with Gasteiger partial charge in [0.1, 0.15) is 0 Å². The number of Topliss-reactive ketones (excluding diaryl/α,β-unsaturated/α-hetero) is 1. The van der Waals surface area contributed by atoms with Crippen LogP contribution in [0, 0.1) is 0 Å². The minimum atomic E-state index is 0.195. The van der Waals surface area contributed by atoms with E-state index in [1.54, 1.807) is 0 Å². The van der Waals surface area contributed by atoms with Crippen molar-refractivity contribution in [2.24, 2.45) is 0 Å². The lowest BCUT2D eigenvalue weighted by Crippen LogP contribution is -1.96. The van der Waals surface area contributed by atoms with Crippen LogP contribution >= 0.6 is 0 Å². The van der Waals surface area contributed by atoms with Gasteiger partial charge in [0.05, 0.1) is 0 Å². The van der Waals surface area contributed by atoms with Crippen molar-refractivity contribution in [1.29, 1.82) is 0 Å². The standard InChI is InChI=1S/C18H20O/c1-4-18(19)17-7-5-6-16(12-17)15-10-8-14(9-11-15)13(2)3/h5-13H,4H2,1-3H3. The Morgan fingerprint density at radius 1 is 1.00 bits per heavy atom. The van der Waals surface area contributed by atoms with Crippen LogP contribution in [0.1, 0.15) is 49.0 Å². The van der Waals surface area contributed by atoms with E-state index in [0.29, 0.717) is 12.3 Å². The Morgan fingerprint density at radius 3 is 2.26 bits per heavy atom. The molecule has 0 spiro atoms. The lowest BCUT2D eigenvalue weighted by atomic mass is 9.97. The maximum absolute atomic E-state index is 11.7. The van der Waals surface area contributed by atoms with Crippen molar-refractivity contribution in [3.8, 4) is 11.1 Å². The first-order valence-electron chi connectivity index (χ1n) is 6.85. The third-order valence-corrected chi connectivity index (χ3v) is 3.42. The number of rotatable bonds is 4. The Bertz CT molecular complexity index is 564. The molecule has 0 bridgehead atoms. The van der Waals surface area contributed by atoms with Crippen LogP contribution in [0.2, 0.25) is 0 Å². The number of hydrogen-bond acceptors (Lipinski definition) is 1. The molecular formula is C18H20O. The summed E-state index contributed by atoms with van der Waals surface area (Å²) >= 11 is 0. The minimum absolute atomic E-state index is 0.195. The predicted molar refractivity (Wildman–Crippen MR) is 80.6 cm³/mol. The molecule has 0 aliphatic heterocycles. The monoisotopic (exact) mass is 252 g/mol. The topological polar surface area (TPSA) is 17.1 Å². The summed E-state index contributed by atoms with van der Waals surface area (Å²) in [4.78, 5) is 11.7. The summed E-state index contributed by atoms with van der Waals surface area (Å²) in [6.07, 6.45) is 0.551. The van der Waals surface area contributed by atoms with E-state index in [1.165, 1.54) is 5.56 Å². The van der Waals surface area contributed by atoms with E-state index in [4.69, 9.17) is 0 Å². The van der Waals surface area contributed by atoms with Gasteiger partial charge in [-0.2, -0.15) is 0 Å². The van der Waals surface area contributed by atoms with Crippen LogP contribution in [0.4, 0.5) is 0 Å². The molecule has 0 fully saturated rings. The van der Waals surface area contributed by atoms with Crippen molar-refractivity contribution < 1.29 is 4.79 Å². The lowest BCUT2D eigenvalue weighted by molar-refractivity contribution is 0.0988. The van der Waals surface area contributed by atoms with Crippen molar-refractivity contribution in [3.05, 3.63) is 59.7 Å². The number of hydrogen-bond donors (Lipinski definition) is 0. The maximum atomic E-state index is 11.7. The summed E-state index contributed by atoms with van der Waals surface area (Å²) in [5.74, 6) is 0.739. The highest BCUT2D eigenvalue weighted by atomic mass is 16.1. The fraction of sp³-hybridized carbons (Fsp3) is 0.278. The van der Waals surface area contributed by atoms with Gasteiger partial charge in [0, 0.05) is 12.0 Å². The molecule has 0 radical (unpaired) electrons. The molecular weight excluding hydrogens is 232 g/mol. The normalized spacial score (nSPS) is 10.7. The molecule has 0 aliphatic carbocycles. The molecule has 2 rings (SSSR count). The van der Waals surface area contributed by atoms with Crippen molar-refractivity contribution in [1.82, 2.24) is 0 Å². The zero-order chi connectivity index (χ0) is 13.8. The molecule has 0 aromatic heterocycles. The minimum Gasteiger partial charge on any atom is -0.294 e. The Kier molecular flexibility index (Phi) is 4.16. The molecule has 0 saturated heterocycles. The van der Waals surface area contributed by atoms with Gasteiger partial charge in [-0.25, -0.2) is 0 Å². The summed E-state index contributed by atoms with van der Waals surface area (Å²) in [5, 5.41) is 0. The summed E-state index contributed by atoms with van der Waals surface area (Å²) in [6.45, 7) is 6.28. The van der Waals surface area contributed by atoms with Crippen LogP contribution in [-0.4, -0.2) is 5.78 Å². The summed E-state index contributed by atoms with van der Waals surface area (Å²) in [6, 6.07) is 16.5. The van der Waals surface area contributed by atoms with Gasteiger partial charge in [0.2, 0.25) is 0 Å². The SMILES string of the molecule is CCC(=O)c1cccc(-c2ccc(C(C)C)cc2)c1. The highest BCUT2D eigenvalue weighted by Gasteiger charge is 2.05. The molecule has 2 aromatic carbocycles. The fourth-order valence-electron chi connectivity index (χ4n) is 2.14. The molecule has 2 aromatic rings. The molecule has 0 amide bonds. The quantitative estimate of drug-likeness (QED) is 0.694. The zero-order valence-electron chi connectivity index (χ0n) is 11.8. The van der Waals surface area contributed by atoms with Crippen molar-refractivity contribution >= 4 is 5.78 Å². The first kappa shape index (κ1) is 13.5. The molecule has 19 heavy (non-hydrogen) atoms. The highest BCUT2D eigenvalue weighted by Crippen LogP contribution is 2.23. The van der Waals surface area contributed by atoms with Crippen LogP contribution in [0.3, 0.4) is 0 Å². The second-order valence-corrected chi connectivity index (χ2v) is 5.13. The molecule has 98 valence electrons. The van der Waals surface area contributed by atoms with Gasteiger partial charge in [-0.05, 0) is 28.7 Å². The second-order valence-electron chi connectivity index (χ2n) is 5.13. The number of carbonyl (C=O) groups is 1. The first-order valence-corrected chi connectivity index (χ1v) is 6.85. The molecule has 0 N–H and O–H groups in total. The second kappa shape index (κ2) is 5.83. The van der Waals surface area contributed by atoms with Gasteiger partial charge in [-0.3, -0.25) is 4.79 Å². The van der Waals surface area contributed by atoms with E-state index in [9.17, 15) is 4.79 Å². The molecule has 0 unspecified atom stereocenters. The van der Waals surface area contributed by atoms with Gasteiger partial charge in [0.15, 0.2) is 5.78 Å². The largest absolute Gasteiger partial charge is 0.294 e. The average Bonchev–Trinajstić information content (AvgIpc) is 2.46. The van der Waals surface area contributed by atoms with E-state index in [-0.39, 0.29) is 5.78 Å². The van der Waals surface area contributed by atoms with Gasteiger partial charge < -0.3 is 0 Å². The van der Waals surface area contributed by atoms with E-state index in [0.717, 1.165) is 16.7 Å². The number of carbonyl (C=O) groups excluding carboxylic acids is 1. The summed E-state index contributed by atoms with van der Waals surface area (Å²) in [5.41, 5.74) is 4.40. The third-order valence-electron chi connectivity index (χ3n) is 3.42. The van der Waals surface area contributed by atoms with Crippen molar-refractivity contribution in [2.45, 2.75) is 33.1 Å².